The Morgan fingerprint density at radius 1 is 1.00 bits per heavy atom. The molecular weight excluding hydrogens is 434 g/mol. The molecule has 7 heteroatoms. The van der Waals surface area contributed by atoms with Crippen LogP contribution in [0.3, 0.4) is 0 Å². The largest absolute Gasteiger partial charge is 0.493 e. The van der Waals surface area contributed by atoms with Gasteiger partial charge in [0.05, 0.1) is 31.8 Å². The van der Waals surface area contributed by atoms with Crippen LogP contribution in [0.25, 0.3) is 22.4 Å². The van der Waals surface area contributed by atoms with Crippen LogP contribution < -0.4 is 14.3 Å². The fourth-order valence-electron chi connectivity index (χ4n) is 3.75. The normalized spacial score (nSPS) is 11.8. The van der Waals surface area contributed by atoms with Crippen LogP contribution in [0.15, 0.2) is 87.8 Å². The molecule has 3 aromatic heterocycles. The molecule has 0 atom stereocenters. The molecule has 0 aliphatic heterocycles. The minimum absolute atomic E-state index is 0.722. The molecule has 6 nitrogen and oxygen atoms in total. The quantitative estimate of drug-likeness (QED) is 0.308. The van der Waals surface area contributed by atoms with Crippen molar-refractivity contribution < 1.29 is 13.9 Å². The topological polar surface area (TPSA) is 61.8 Å². The highest BCUT2D eigenvalue weighted by atomic mass is 32.1. The van der Waals surface area contributed by atoms with Crippen molar-refractivity contribution in [3.8, 4) is 23.0 Å². The first-order valence-electron chi connectivity index (χ1n) is 10.6. The Hall–Kier alpha value is -3.84. The van der Waals surface area contributed by atoms with Gasteiger partial charge in [0.1, 0.15) is 5.58 Å². The lowest BCUT2D eigenvalue weighted by atomic mass is 10.1. The molecule has 0 aliphatic rings. The number of nitrogens with zero attached hydrogens (tertiary/aromatic N) is 3. The van der Waals surface area contributed by atoms with Crippen LogP contribution in [0.1, 0.15) is 5.56 Å². The van der Waals surface area contributed by atoms with Crippen LogP contribution >= 0.6 is 11.3 Å². The summed E-state index contributed by atoms with van der Waals surface area (Å²) in [6.07, 6.45) is 4.31. The Morgan fingerprint density at radius 3 is 2.67 bits per heavy atom. The molecular formula is C26H23N3O3S. The number of thiazole rings is 1. The first-order valence-corrected chi connectivity index (χ1v) is 11.5. The van der Waals surface area contributed by atoms with E-state index in [2.05, 4.69) is 33.1 Å². The molecule has 0 fully saturated rings. The van der Waals surface area contributed by atoms with Gasteiger partial charge in [-0.2, -0.15) is 0 Å². The molecule has 33 heavy (non-hydrogen) atoms. The molecule has 0 saturated heterocycles. The summed E-state index contributed by atoms with van der Waals surface area (Å²) in [5, 5.41) is 3.18. The van der Waals surface area contributed by atoms with E-state index >= 15 is 0 Å². The molecule has 0 spiro atoms. The number of aromatic nitrogens is 2. The van der Waals surface area contributed by atoms with E-state index in [1.54, 1.807) is 38.0 Å². The SMILES string of the molecule is COc1ccc(CCn2c(-c3cc4ccccc4o3)csc2=Nc2cccnc2)cc1OC. The number of fused-ring (bicyclic) bond motifs is 1. The highest BCUT2D eigenvalue weighted by molar-refractivity contribution is 7.07. The average molecular weight is 458 g/mol. The van der Waals surface area contributed by atoms with Crippen LogP contribution in [0.4, 0.5) is 5.69 Å². The number of rotatable bonds is 7. The third-order valence-electron chi connectivity index (χ3n) is 5.42. The van der Waals surface area contributed by atoms with Crippen molar-refractivity contribution in [3.05, 3.63) is 88.8 Å². The van der Waals surface area contributed by atoms with Gasteiger partial charge in [0.15, 0.2) is 22.1 Å². The van der Waals surface area contributed by atoms with Crippen molar-refractivity contribution in [1.82, 2.24) is 9.55 Å². The van der Waals surface area contributed by atoms with Crippen molar-refractivity contribution in [2.45, 2.75) is 13.0 Å². The van der Waals surface area contributed by atoms with Gasteiger partial charge in [-0.3, -0.25) is 4.98 Å². The Bertz CT molecular complexity index is 1420. The van der Waals surface area contributed by atoms with Gasteiger partial charge in [-0.25, -0.2) is 4.99 Å². The predicted octanol–water partition coefficient (Wildman–Crippen LogP) is 5.85. The van der Waals surface area contributed by atoms with Crippen LogP contribution in [0.2, 0.25) is 0 Å². The first-order chi connectivity index (χ1) is 16.2. The van der Waals surface area contributed by atoms with Gasteiger partial charge in [0.25, 0.3) is 0 Å². The summed E-state index contributed by atoms with van der Waals surface area (Å²) < 4.78 is 19.2. The second-order valence-corrected chi connectivity index (χ2v) is 8.30. The number of pyridine rings is 1. The summed E-state index contributed by atoms with van der Waals surface area (Å²) in [5.74, 6) is 2.27. The third kappa shape index (κ3) is 4.40. The van der Waals surface area contributed by atoms with Crippen molar-refractivity contribution in [2.75, 3.05) is 14.2 Å². The Kier molecular flexibility index (Phi) is 5.95. The maximum absolute atomic E-state index is 6.17. The van der Waals surface area contributed by atoms with E-state index in [0.29, 0.717) is 0 Å². The van der Waals surface area contributed by atoms with Gasteiger partial charge in [0, 0.05) is 23.5 Å². The molecule has 0 amide bonds. The first kappa shape index (κ1) is 21.0. The minimum atomic E-state index is 0.722. The number of methoxy groups -OCH3 is 2. The minimum Gasteiger partial charge on any atom is -0.493 e. The Morgan fingerprint density at radius 2 is 1.88 bits per heavy atom. The van der Waals surface area contributed by atoms with E-state index in [1.165, 1.54) is 0 Å². The fraction of sp³-hybridized carbons (Fsp3) is 0.154. The molecule has 166 valence electrons. The van der Waals surface area contributed by atoms with Crippen LogP contribution in [-0.2, 0) is 13.0 Å². The van der Waals surface area contributed by atoms with E-state index in [4.69, 9.17) is 18.9 Å². The van der Waals surface area contributed by atoms with E-state index in [-0.39, 0.29) is 0 Å². The molecule has 0 radical (unpaired) electrons. The molecule has 0 bridgehead atoms. The van der Waals surface area contributed by atoms with Gasteiger partial charge in [-0.15, -0.1) is 11.3 Å². The lowest BCUT2D eigenvalue weighted by molar-refractivity contribution is 0.354. The molecule has 0 aliphatic carbocycles. The molecule has 3 heterocycles. The predicted molar refractivity (Wildman–Crippen MR) is 130 cm³/mol. The molecule has 5 aromatic rings. The van der Waals surface area contributed by atoms with Crippen molar-refractivity contribution in [2.24, 2.45) is 4.99 Å². The van der Waals surface area contributed by atoms with E-state index in [9.17, 15) is 0 Å². The number of benzene rings is 2. The van der Waals surface area contributed by atoms with E-state index in [0.717, 1.165) is 62.9 Å². The zero-order valence-electron chi connectivity index (χ0n) is 18.4. The fourth-order valence-corrected chi connectivity index (χ4v) is 4.68. The van der Waals surface area contributed by atoms with E-state index in [1.807, 2.05) is 42.5 Å². The maximum atomic E-state index is 6.17. The zero-order chi connectivity index (χ0) is 22.6. The average Bonchev–Trinajstić information content (AvgIpc) is 3.47. The summed E-state index contributed by atoms with van der Waals surface area (Å²) in [6.45, 7) is 0.727. The highest BCUT2D eigenvalue weighted by Gasteiger charge is 2.14. The monoisotopic (exact) mass is 457 g/mol. The molecule has 0 saturated carbocycles. The van der Waals surface area contributed by atoms with Gasteiger partial charge in [-0.1, -0.05) is 24.3 Å². The lowest BCUT2D eigenvalue weighted by Crippen LogP contribution is -2.17. The zero-order valence-corrected chi connectivity index (χ0v) is 19.2. The second-order valence-electron chi connectivity index (χ2n) is 7.47. The van der Waals surface area contributed by atoms with Crippen molar-refractivity contribution in [1.29, 1.82) is 0 Å². The summed E-state index contributed by atoms with van der Waals surface area (Å²) in [4.78, 5) is 9.93. The van der Waals surface area contributed by atoms with Gasteiger partial charge in [-0.05, 0) is 48.4 Å². The van der Waals surface area contributed by atoms with Crippen molar-refractivity contribution >= 4 is 28.0 Å². The van der Waals surface area contributed by atoms with Crippen LogP contribution in [-0.4, -0.2) is 23.8 Å². The maximum Gasteiger partial charge on any atom is 0.190 e. The molecule has 0 unspecified atom stereocenters. The van der Waals surface area contributed by atoms with Crippen LogP contribution in [0.5, 0.6) is 11.5 Å². The number of aryl methyl sites for hydroxylation is 1. The summed E-state index contributed by atoms with van der Waals surface area (Å²) in [6, 6.07) is 20.0. The van der Waals surface area contributed by atoms with Gasteiger partial charge >= 0.3 is 0 Å². The summed E-state index contributed by atoms with van der Waals surface area (Å²) in [7, 11) is 3.30. The number of hydrogen-bond donors (Lipinski definition) is 0. The van der Waals surface area contributed by atoms with Crippen molar-refractivity contribution in [3.63, 3.8) is 0 Å². The smallest absolute Gasteiger partial charge is 0.190 e. The van der Waals surface area contributed by atoms with Gasteiger partial charge in [0.2, 0.25) is 0 Å². The number of hydrogen-bond acceptors (Lipinski definition) is 6. The highest BCUT2D eigenvalue weighted by Crippen LogP contribution is 2.30. The van der Waals surface area contributed by atoms with E-state index < -0.39 is 0 Å². The number of para-hydroxylation sites is 1. The second kappa shape index (κ2) is 9.34. The van der Waals surface area contributed by atoms with Crippen LogP contribution in [0, 0.1) is 0 Å². The Balaban J connectivity index is 1.55. The molecule has 5 rings (SSSR count). The number of furan rings is 1. The number of ether oxygens (including phenoxy) is 2. The summed E-state index contributed by atoms with van der Waals surface area (Å²) in [5.41, 5.74) is 3.83. The molecule has 2 aromatic carbocycles. The standard InChI is InChI=1S/C26H23N3O3S/c1-30-23-10-9-18(14-25(23)31-2)11-13-29-21(24-15-19-6-3-4-8-22(19)32-24)17-33-26(29)28-20-7-5-12-27-16-20/h3-10,12,14-17H,11,13H2,1-2H3. The lowest BCUT2D eigenvalue weighted by Gasteiger charge is -2.11. The summed E-state index contributed by atoms with van der Waals surface area (Å²) >= 11 is 1.59. The van der Waals surface area contributed by atoms with Gasteiger partial charge < -0.3 is 18.5 Å². The Labute approximate surface area is 195 Å². The molecule has 0 N–H and O–H groups in total. The third-order valence-corrected chi connectivity index (χ3v) is 6.28.